The van der Waals surface area contributed by atoms with Gasteiger partial charge in [-0.05, 0) is 108 Å². The second kappa shape index (κ2) is 20.8. The van der Waals surface area contributed by atoms with Gasteiger partial charge in [0.15, 0.2) is 0 Å². The Bertz CT molecular complexity index is 2370. The minimum Gasteiger partial charge on any atom is -0.394 e. The lowest BCUT2D eigenvalue weighted by molar-refractivity contribution is -0.0225. The third kappa shape index (κ3) is 11.7. The van der Waals surface area contributed by atoms with Gasteiger partial charge in [-0.15, -0.1) is 0 Å². The normalized spacial score (nSPS) is 20.0. The molecule has 6 aromatic carbocycles. The van der Waals surface area contributed by atoms with Crippen LogP contribution in [0.1, 0.15) is 80.7 Å². The van der Waals surface area contributed by atoms with Crippen LogP contribution in [0.5, 0.6) is 0 Å². The Balaban J connectivity index is 0.000000181. The zero-order valence-corrected chi connectivity index (χ0v) is 32.9. The van der Waals surface area contributed by atoms with Crippen molar-refractivity contribution in [3.8, 4) is 47.4 Å². The van der Waals surface area contributed by atoms with Crippen molar-refractivity contribution in [1.82, 2.24) is 0 Å². The Hall–Kier alpha value is -6.68. The van der Waals surface area contributed by atoms with E-state index in [4.69, 9.17) is 9.47 Å². The maximum atomic E-state index is 9.88. The first-order chi connectivity index (χ1) is 29.4. The van der Waals surface area contributed by atoms with Gasteiger partial charge in [-0.2, -0.15) is 0 Å². The van der Waals surface area contributed by atoms with Crippen LogP contribution in [0.4, 0.5) is 0 Å². The van der Waals surface area contributed by atoms with Crippen molar-refractivity contribution >= 4 is 0 Å². The van der Waals surface area contributed by atoms with Crippen LogP contribution in [-0.2, 0) is 9.47 Å². The molecule has 0 spiro atoms. The number of aliphatic hydroxyl groups excluding tert-OH is 4. The fourth-order valence-electron chi connectivity index (χ4n) is 6.67. The summed E-state index contributed by atoms with van der Waals surface area (Å²) in [6, 6.07) is 51.3. The zero-order chi connectivity index (χ0) is 41.5. The lowest BCUT2D eigenvalue weighted by atomic mass is 10.0. The zero-order valence-electron chi connectivity index (χ0n) is 32.9. The highest BCUT2D eigenvalue weighted by atomic mass is 16.5. The van der Waals surface area contributed by atoms with Gasteiger partial charge in [0.1, 0.15) is 12.2 Å². The molecule has 0 aliphatic carbocycles. The van der Waals surface area contributed by atoms with Crippen molar-refractivity contribution in [1.29, 1.82) is 0 Å². The van der Waals surface area contributed by atoms with Crippen molar-refractivity contribution in [2.45, 2.75) is 49.5 Å². The Morgan fingerprint density at radius 2 is 0.583 bits per heavy atom. The van der Waals surface area contributed by atoms with Crippen LogP contribution in [0.2, 0.25) is 0 Å². The van der Waals surface area contributed by atoms with E-state index in [0.717, 1.165) is 55.6 Å². The molecular formula is C54H44O6. The summed E-state index contributed by atoms with van der Waals surface area (Å²) in [4.78, 5) is 0. The van der Waals surface area contributed by atoms with Crippen LogP contribution in [0.25, 0.3) is 0 Å². The molecule has 296 valence electrons. The molecule has 6 heteroatoms. The van der Waals surface area contributed by atoms with Crippen molar-refractivity contribution in [2.24, 2.45) is 0 Å². The van der Waals surface area contributed by atoms with Gasteiger partial charge in [0.25, 0.3) is 0 Å². The summed E-state index contributed by atoms with van der Waals surface area (Å²) < 4.78 is 11.4. The van der Waals surface area contributed by atoms with Crippen LogP contribution >= 0.6 is 0 Å². The average molecular weight is 789 g/mol. The minimum absolute atomic E-state index is 0.169. The van der Waals surface area contributed by atoms with E-state index in [1.807, 2.05) is 158 Å². The second-order valence-corrected chi connectivity index (χ2v) is 14.4. The first-order valence-electron chi connectivity index (χ1n) is 19.9. The predicted molar refractivity (Wildman–Crippen MR) is 233 cm³/mol. The van der Waals surface area contributed by atoms with E-state index in [2.05, 4.69) is 47.4 Å². The van der Waals surface area contributed by atoms with Crippen LogP contribution < -0.4 is 0 Å². The standard InChI is InChI=1S/2C27H22O3/c2*28-19-27-25(29)18-26(30-27)24-16-14-23(15-17-24)13-12-22-10-8-21(9-11-22)7-6-20-4-2-1-3-5-20/h2*1-5,8-11,14-17,25-29H,18-19H2/t25?,26-,27+;25?,26-,27-/m01/s1. The monoisotopic (exact) mass is 788 g/mol. The second-order valence-electron chi connectivity index (χ2n) is 14.4. The molecule has 0 amide bonds. The summed E-state index contributed by atoms with van der Waals surface area (Å²) >= 11 is 0. The molecule has 6 atom stereocenters. The SMILES string of the molecule is OC[C@H]1O[C@@H](c2ccc(C#Cc3ccc(C#Cc4ccccc4)cc3)cc2)CC1O.OC[C@H]1O[C@H](c2ccc(C#Cc3ccc(C#Cc4ccccc4)cc3)cc2)CC1O. The first kappa shape index (κ1) is 41.5. The molecule has 4 N–H and O–H groups in total. The van der Waals surface area contributed by atoms with E-state index < -0.39 is 24.4 Å². The quantitative estimate of drug-likeness (QED) is 0.140. The van der Waals surface area contributed by atoms with E-state index in [1.54, 1.807) is 0 Å². The summed E-state index contributed by atoms with van der Waals surface area (Å²) in [6.07, 6.45) is -1.65. The average Bonchev–Trinajstić information content (AvgIpc) is 3.89. The Labute approximate surface area is 352 Å². The van der Waals surface area contributed by atoms with Crippen LogP contribution in [0.15, 0.2) is 158 Å². The molecule has 2 heterocycles. The third-order valence-corrected chi connectivity index (χ3v) is 10.1. The molecule has 2 saturated heterocycles. The summed E-state index contributed by atoms with van der Waals surface area (Å²) in [5, 5.41) is 38.2. The number of ether oxygens (including phenoxy) is 2. The van der Waals surface area contributed by atoms with Gasteiger partial charge in [0, 0.05) is 57.3 Å². The first-order valence-corrected chi connectivity index (χ1v) is 19.9. The maximum Gasteiger partial charge on any atom is 0.107 e. The van der Waals surface area contributed by atoms with E-state index in [0.29, 0.717) is 12.8 Å². The lowest BCUT2D eigenvalue weighted by Crippen LogP contribution is -2.24. The highest BCUT2D eigenvalue weighted by molar-refractivity contribution is 5.50. The van der Waals surface area contributed by atoms with Gasteiger partial charge >= 0.3 is 0 Å². The van der Waals surface area contributed by atoms with Crippen LogP contribution in [0, 0.1) is 47.4 Å². The predicted octanol–water partition coefficient (Wildman–Crippen LogP) is 7.34. The molecule has 2 unspecified atom stereocenters. The molecule has 0 bridgehead atoms. The summed E-state index contributed by atoms with van der Waals surface area (Å²) in [5.74, 6) is 25.3. The highest BCUT2D eigenvalue weighted by Crippen LogP contribution is 2.34. The molecule has 6 aromatic rings. The summed E-state index contributed by atoms with van der Waals surface area (Å²) in [5.41, 5.74) is 9.53. The molecule has 2 fully saturated rings. The Kier molecular flexibility index (Phi) is 14.4. The van der Waals surface area contributed by atoms with Gasteiger partial charge in [0.2, 0.25) is 0 Å². The number of hydrogen-bond donors (Lipinski definition) is 4. The Morgan fingerprint density at radius 3 is 0.817 bits per heavy atom. The number of benzene rings is 6. The number of hydrogen-bond acceptors (Lipinski definition) is 6. The Morgan fingerprint density at radius 1 is 0.350 bits per heavy atom. The van der Waals surface area contributed by atoms with Crippen molar-refractivity contribution in [2.75, 3.05) is 13.2 Å². The van der Waals surface area contributed by atoms with Crippen molar-refractivity contribution < 1.29 is 29.9 Å². The van der Waals surface area contributed by atoms with Crippen molar-refractivity contribution in [3.63, 3.8) is 0 Å². The van der Waals surface area contributed by atoms with Crippen LogP contribution in [0.3, 0.4) is 0 Å². The molecule has 60 heavy (non-hydrogen) atoms. The number of aliphatic hydroxyl groups is 4. The van der Waals surface area contributed by atoms with Gasteiger partial charge < -0.3 is 29.9 Å². The highest BCUT2D eigenvalue weighted by Gasteiger charge is 2.35. The van der Waals surface area contributed by atoms with Crippen molar-refractivity contribution in [3.05, 3.63) is 213 Å². The molecule has 8 rings (SSSR count). The van der Waals surface area contributed by atoms with Gasteiger partial charge in [-0.25, -0.2) is 0 Å². The van der Waals surface area contributed by atoms with Gasteiger partial charge in [-0.1, -0.05) is 108 Å². The van der Waals surface area contributed by atoms with E-state index in [1.165, 1.54) is 0 Å². The van der Waals surface area contributed by atoms with Gasteiger partial charge in [-0.3, -0.25) is 0 Å². The molecular weight excluding hydrogens is 745 g/mol. The summed E-state index contributed by atoms with van der Waals surface area (Å²) in [7, 11) is 0. The smallest absolute Gasteiger partial charge is 0.107 e. The van der Waals surface area contributed by atoms with E-state index >= 15 is 0 Å². The number of rotatable bonds is 4. The largest absolute Gasteiger partial charge is 0.394 e. The third-order valence-electron chi connectivity index (χ3n) is 10.1. The van der Waals surface area contributed by atoms with Gasteiger partial charge in [0.05, 0.1) is 37.6 Å². The molecule has 0 radical (unpaired) electrons. The topological polar surface area (TPSA) is 99.4 Å². The fourth-order valence-corrected chi connectivity index (χ4v) is 6.67. The maximum absolute atomic E-state index is 9.88. The minimum atomic E-state index is -0.625. The molecule has 2 aliphatic rings. The molecule has 0 saturated carbocycles. The molecule has 2 aliphatic heterocycles. The van der Waals surface area contributed by atoms with Crippen LogP contribution in [-0.4, -0.2) is 58.1 Å². The lowest BCUT2D eigenvalue weighted by Gasteiger charge is -2.12. The van der Waals surface area contributed by atoms with E-state index in [9.17, 15) is 20.4 Å². The fraction of sp³-hybridized carbons (Fsp3) is 0.185. The molecule has 0 aromatic heterocycles. The molecule has 6 nitrogen and oxygen atoms in total. The van der Waals surface area contributed by atoms with E-state index in [-0.39, 0.29) is 25.4 Å². The summed E-state index contributed by atoms with van der Waals surface area (Å²) in [6.45, 7) is -0.338.